The molecule has 2 nitrogen and oxygen atoms in total. The van der Waals surface area contributed by atoms with Crippen molar-refractivity contribution >= 4 is 17.3 Å². The van der Waals surface area contributed by atoms with Gasteiger partial charge < -0.3 is 4.90 Å². The summed E-state index contributed by atoms with van der Waals surface area (Å²) in [5.41, 5.74) is 1.65. The number of halogens is 1. The van der Waals surface area contributed by atoms with Gasteiger partial charge in [0.05, 0.1) is 10.6 Å². The Morgan fingerprint density at radius 1 is 1.33 bits per heavy atom. The number of nitriles is 1. The minimum Gasteiger partial charge on any atom is -0.374 e. The lowest BCUT2D eigenvalue weighted by Gasteiger charge is -2.28. The first-order valence-electron chi connectivity index (χ1n) is 6.61. The van der Waals surface area contributed by atoms with Gasteiger partial charge in [-0.1, -0.05) is 30.9 Å². The zero-order chi connectivity index (χ0) is 13.0. The van der Waals surface area contributed by atoms with E-state index in [-0.39, 0.29) is 0 Å². The molecule has 96 valence electrons. The molecule has 0 amide bonds. The molecular formula is C15H19ClN2. The maximum absolute atomic E-state index is 8.86. The molecular weight excluding hydrogens is 244 g/mol. The van der Waals surface area contributed by atoms with Gasteiger partial charge in [-0.05, 0) is 37.0 Å². The Balaban J connectivity index is 2.02. The quantitative estimate of drug-likeness (QED) is 0.815. The van der Waals surface area contributed by atoms with Crippen molar-refractivity contribution in [2.45, 2.75) is 32.1 Å². The number of benzene rings is 1. The Kier molecular flexibility index (Phi) is 4.49. The van der Waals surface area contributed by atoms with Gasteiger partial charge in [0.25, 0.3) is 0 Å². The summed E-state index contributed by atoms with van der Waals surface area (Å²) in [7, 11) is 2.10. The summed E-state index contributed by atoms with van der Waals surface area (Å²) < 4.78 is 0. The van der Waals surface area contributed by atoms with E-state index in [1.807, 2.05) is 12.1 Å². The summed E-state index contributed by atoms with van der Waals surface area (Å²) >= 11 is 6.07. The van der Waals surface area contributed by atoms with Crippen molar-refractivity contribution < 1.29 is 0 Å². The second kappa shape index (κ2) is 6.11. The monoisotopic (exact) mass is 262 g/mol. The van der Waals surface area contributed by atoms with Crippen molar-refractivity contribution in [1.29, 1.82) is 5.26 Å². The second-order valence-electron chi connectivity index (χ2n) is 5.16. The maximum Gasteiger partial charge on any atom is 0.101 e. The van der Waals surface area contributed by atoms with Crippen LogP contribution in [0.1, 0.15) is 37.7 Å². The summed E-state index contributed by atoms with van der Waals surface area (Å²) in [6.45, 7) is 1.09. The first kappa shape index (κ1) is 13.2. The topological polar surface area (TPSA) is 27.0 Å². The minimum atomic E-state index is 0.547. The average Bonchev–Trinajstić information content (AvgIpc) is 2.39. The molecule has 1 saturated carbocycles. The van der Waals surface area contributed by atoms with Gasteiger partial charge in [0.1, 0.15) is 6.07 Å². The lowest BCUT2D eigenvalue weighted by Crippen LogP contribution is -2.26. The molecule has 1 aromatic rings. The summed E-state index contributed by atoms with van der Waals surface area (Å²) in [5, 5.41) is 9.41. The number of nitrogens with zero attached hydrogens (tertiary/aromatic N) is 2. The average molecular weight is 263 g/mol. The molecule has 0 spiro atoms. The van der Waals surface area contributed by atoms with Crippen LogP contribution < -0.4 is 4.90 Å². The van der Waals surface area contributed by atoms with Gasteiger partial charge in [0.2, 0.25) is 0 Å². The predicted octanol–water partition coefficient (Wildman–Crippen LogP) is 4.23. The lowest BCUT2D eigenvalue weighted by molar-refractivity contribution is 0.362. The molecule has 0 radical (unpaired) electrons. The van der Waals surface area contributed by atoms with E-state index in [2.05, 4.69) is 18.0 Å². The third kappa shape index (κ3) is 3.17. The molecule has 1 fully saturated rings. The van der Waals surface area contributed by atoms with Crippen molar-refractivity contribution in [3.63, 3.8) is 0 Å². The van der Waals surface area contributed by atoms with E-state index in [0.29, 0.717) is 10.6 Å². The molecule has 0 aromatic heterocycles. The fraction of sp³-hybridized carbons (Fsp3) is 0.533. The highest BCUT2D eigenvalue weighted by atomic mass is 35.5. The molecule has 0 heterocycles. The van der Waals surface area contributed by atoms with E-state index in [9.17, 15) is 0 Å². The number of hydrogen-bond donors (Lipinski definition) is 0. The number of rotatable bonds is 3. The summed E-state index contributed by atoms with van der Waals surface area (Å²) in [5.74, 6) is 0.804. The zero-order valence-electron chi connectivity index (χ0n) is 10.8. The first-order chi connectivity index (χ1) is 8.70. The fourth-order valence-electron chi connectivity index (χ4n) is 2.69. The van der Waals surface area contributed by atoms with Crippen LogP contribution in [0.2, 0.25) is 5.02 Å². The zero-order valence-corrected chi connectivity index (χ0v) is 11.6. The highest BCUT2D eigenvalue weighted by Gasteiger charge is 2.16. The second-order valence-corrected chi connectivity index (χ2v) is 5.57. The third-order valence-corrected chi connectivity index (χ3v) is 4.08. The van der Waals surface area contributed by atoms with Gasteiger partial charge in [-0.25, -0.2) is 0 Å². The largest absolute Gasteiger partial charge is 0.374 e. The normalized spacial score (nSPS) is 16.3. The van der Waals surface area contributed by atoms with Crippen LogP contribution in [-0.2, 0) is 0 Å². The van der Waals surface area contributed by atoms with Crippen LogP contribution in [0, 0.1) is 17.2 Å². The number of hydrogen-bond acceptors (Lipinski definition) is 2. The Bertz CT molecular complexity index is 444. The van der Waals surface area contributed by atoms with Crippen LogP contribution in [0.25, 0.3) is 0 Å². The molecule has 2 rings (SSSR count). The molecule has 0 aliphatic heterocycles. The van der Waals surface area contributed by atoms with E-state index in [4.69, 9.17) is 16.9 Å². The van der Waals surface area contributed by atoms with Crippen LogP contribution in [0.15, 0.2) is 18.2 Å². The molecule has 0 N–H and O–H groups in total. The van der Waals surface area contributed by atoms with E-state index < -0.39 is 0 Å². The Hall–Kier alpha value is -1.20. The highest BCUT2D eigenvalue weighted by molar-refractivity contribution is 6.32. The Morgan fingerprint density at radius 2 is 2.06 bits per heavy atom. The highest BCUT2D eigenvalue weighted by Crippen LogP contribution is 2.27. The van der Waals surface area contributed by atoms with Crippen molar-refractivity contribution in [3.8, 4) is 6.07 Å². The Morgan fingerprint density at radius 3 is 2.67 bits per heavy atom. The summed E-state index contributed by atoms with van der Waals surface area (Å²) in [6, 6.07) is 7.76. The maximum atomic E-state index is 8.86. The van der Waals surface area contributed by atoms with Gasteiger partial charge in [0, 0.05) is 19.3 Å². The van der Waals surface area contributed by atoms with Gasteiger partial charge in [-0.15, -0.1) is 0 Å². The fourth-order valence-corrected chi connectivity index (χ4v) is 2.91. The predicted molar refractivity (Wildman–Crippen MR) is 76.0 cm³/mol. The van der Waals surface area contributed by atoms with Crippen molar-refractivity contribution in [2.75, 3.05) is 18.5 Å². The molecule has 0 atom stereocenters. The first-order valence-corrected chi connectivity index (χ1v) is 6.99. The van der Waals surface area contributed by atoms with Crippen LogP contribution in [0.4, 0.5) is 5.69 Å². The van der Waals surface area contributed by atoms with E-state index in [1.54, 1.807) is 6.07 Å². The minimum absolute atomic E-state index is 0.547. The smallest absolute Gasteiger partial charge is 0.101 e. The molecule has 0 bridgehead atoms. The molecule has 18 heavy (non-hydrogen) atoms. The van der Waals surface area contributed by atoms with E-state index in [0.717, 1.165) is 18.2 Å². The lowest BCUT2D eigenvalue weighted by atomic mass is 9.89. The number of anilines is 1. The van der Waals surface area contributed by atoms with Gasteiger partial charge in [-0.2, -0.15) is 5.26 Å². The standard InChI is InChI=1S/C15H19ClN2/c1-18(11-12-5-3-2-4-6-12)14-8-7-13(10-17)15(16)9-14/h7-9,12H,2-6,11H2,1H3. The van der Waals surface area contributed by atoms with E-state index in [1.165, 1.54) is 32.1 Å². The van der Waals surface area contributed by atoms with Crippen LogP contribution >= 0.6 is 11.6 Å². The SMILES string of the molecule is CN(CC1CCCCC1)c1ccc(C#N)c(Cl)c1. The molecule has 1 aromatic carbocycles. The van der Waals surface area contributed by atoms with Crippen molar-refractivity contribution in [1.82, 2.24) is 0 Å². The molecule has 1 aliphatic rings. The molecule has 0 unspecified atom stereocenters. The van der Waals surface area contributed by atoms with E-state index >= 15 is 0 Å². The van der Waals surface area contributed by atoms with Crippen molar-refractivity contribution in [3.05, 3.63) is 28.8 Å². The molecule has 0 saturated heterocycles. The van der Waals surface area contributed by atoms with Crippen LogP contribution in [-0.4, -0.2) is 13.6 Å². The van der Waals surface area contributed by atoms with Crippen LogP contribution in [0.5, 0.6) is 0 Å². The summed E-state index contributed by atoms with van der Waals surface area (Å²) in [4.78, 5) is 2.25. The summed E-state index contributed by atoms with van der Waals surface area (Å²) in [6.07, 6.45) is 6.81. The van der Waals surface area contributed by atoms with Crippen LogP contribution in [0.3, 0.4) is 0 Å². The van der Waals surface area contributed by atoms with Gasteiger partial charge in [0.15, 0.2) is 0 Å². The molecule has 1 aliphatic carbocycles. The van der Waals surface area contributed by atoms with Gasteiger partial charge >= 0.3 is 0 Å². The molecule has 3 heteroatoms. The third-order valence-electron chi connectivity index (χ3n) is 3.77. The van der Waals surface area contributed by atoms with Gasteiger partial charge in [-0.3, -0.25) is 0 Å². The Labute approximate surface area is 114 Å². The van der Waals surface area contributed by atoms with Crippen molar-refractivity contribution in [2.24, 2.45) is 5.92 Å².